The number of nitrogens with one attached hydrogen (secondary N) is 1. The van der Waals surface area contributed by atoms with Crippen LogP contribution in [0.3, 0.4) is 0 Å². The minimum atomic E-state index is -4.33. The summed E-state index contributed by atoms with van der Waals surface area (Å²) in [6, 6.07) is 5.83. The van der Waals surface area contributed by atoms with Crippen molar-refractivity contribution in [3.63, 3.8) is 0 Å². The Hall–Kier alpha value is -1.83. The highest BCUT2D eigenvalue weighted by Gasteiger charge is 2.75. The number of nitrogens with zero attached hydrogens (tertiary/aromatic N) is 3. The summed E-state index contributed by atoms with van der Waals surface area (Å²) in [5.41, 5.74) is -1.43. The second-order valence-corrected chi connectivity index (χ2v) is 14.6. The molecule has 1 N–H and O–H groups in total. The Morgan fingerprint density at radius 2 is 1.80 bits per heavy atom. The van der Waals surface area contributed by atoms with E-state index in [9.17, 15) is 35.2 Å². The van der Waals surface area contributed by atoms with E-state index in [0.29, 0.717) is 35.7 Å². The lowest BCUT2D eigenvalue weighted by Gasteiger charge is -2.73. The number of benzene rings is 1. The average molecular weight is 611 g/mol. The van der Waals surface area contributed by atoms with E-state index >= 15 is 0 Å². The molecule has 3 saturated carbocycles. The van der Waals surface area contributed by atoms with Gasteiger partial charge in [-0.15, -0.1) is 0 Å². The lowest BCUT2D eigenvalue weighted by atomic mass is 9.38. The molecule has 14 heteroatoms. The Morgan fingerprint density at radius 3 is 2.35 bits per heavy atom. The highest BCUT2D eigenvalue weighted by Crippen LogP contribution is 2.71. The molecular formula is C26H32ClF5N4O3S. The third kappa shape index (κ3) is 5.38. The smallest absolute Gasteiger partial charge is 0.366 e. The van der Waals surface area contributed by atoms with E-state index in [1.165, 1.54) is 4.31 Å². The zero-order valence-electron chi connectivity index (χ0n) is 22.2. The summed E-state index contributed by atoms with van der Waals surface area (Å²) in [6.07, 6.45) is -5.26. The van der Waals surface area contributed by atoms with Crippen LogP contribution in [0.15, 0.2) is 29.3 Å². The maximum absolute atomic E-state index is 14.0. The lowest BCUT2D eigenvalue weighted by molar-refractivity contribution is -0.152. The molecule has 5 aliphatic rings. The van der Waals surface area contributed by atoms with Gasteiger partial charge in [0.2, 0.25) is 0 Å². The van der Waals surface area contributed by atoms with E-state index < -0.39 is 64.2 Å². The van der Waals surface area contributed by atoms with Crippen LogP contribution in [0.4, 0.5) is 22.0 Å². The molecule has 0 aromatic heterocycles. The third-order valence-corrected chi connectivity index (χ3v) is 10.9. The molecule has 2 bridgehead atoms. The van der Waals surface area contributed by atoms with Crippen molar-refractivity contribution in [1.29, 1.82) is 0 Å². The zero-order valence-corrected chi connectivity index (χ0v) is 23.8. The summed E-state index contributed by atoms with van der Waals surface area (Å²) in [5.74, 6) is -2.90. The first-order valence-corrected chi connectivity index (χ1v) is 15.0. The number of amidine groups is 1. The molecule has 4 fully saturated rings. The minimum absolute atomic E-state index is 0.0105. The van der Waals surface area contributed by atoms with Crippen LogP contribution in [-0.4, -0.2) is 71.0 Å². The van der Waals surface area contributed by atoms with Gasteiger partial charge in [-0.05, 0) is 57.2 Å². The van der Waals surface area contributed by atoms with Crippen molar-refractivity contribution in [3.8, 4) is 0 Å². The maximum atomic E-state index is 14.0. The van der Waals surface area contributed by atoms with Gasteiger partial charge in [0.05, 0.1) is 12.1 Å². The number of Topliss-reactive ketones (excluding diaryl/α,β-unsaturated/α-hetero) is 1. The molecular weight excluding hydrogens is 579 g/mol. The van der Waals surface area contributed by atoms with Crippen molar-refractivity contribution in [2.75, 3.05) is 13.1 Å². The van der Waals surface area contributed by atoms with Crippen LogP contribution in [0.5, 0.6) is 0 Å². The molecule has 1 aromatic carbocycles. The van der Waals surface area contributed by atoms with Gasteiger partial charge in [-0.3, -0.25) is 9.79 Å². The second-order valence-electron chi connectivity index (χ2n) is 12.3. The van der Waals surface area contributed by atoms with Crippen LogP contribution in [0.2, 0.25) is 5.02 Å². The molecule has 0 unspecified atom stereocenters. The van der Waals surface area contributed by atoms with Gasteiger partial charge in [-0.25, -0.2) is 8.78 Å². The minimum Gasteiger partial charge on any atom is -0.366 e. The Balaban J connectivity index is 1.33. The molecule has 40 heavy (non-hydrogen) atoms. The zero-order chi connectivity index (χ0) is 29.4. The van der Waals surface area contributed by atoms with Crippen LogP contribution in [0.1, 0.15) is 64.4 Å². The number of ketones is 1. The molecule has 3 aliphatic carbocycles. The number of hydrogen-bond donors (Lipinski definition) is 1. The molecule has 222 valence electrons. The van der Waals surface area contributed by atoms with E-state index in [4.69, 9.17) is 11.6 Å². The van der Waals surface area contributed by atoms with Crippen molar-refractivity contribution in [1.82, 2.24) is 13.9 Å². The summed E-state index contributed by atoms with van der Waals surface area (Å²) in [7, 11) is -4.23. The molecule has 0 amide bonds. The van der Waals surface area contributed by atoms with Gasteiger partial charge in [-0.1, -0.05) is 23.7 Å². The van der Waals surface area contributed by atoms with Gasteiger partial charge in [0.15, 0.2) is 5.78 Å². The Kier molecular flexibility index (Phi) is 7.12. The molecule has 7 nitrogen and oxygen atoms in total. The molecule has 1 saturated heterocycles. The van der Waals surface area contributed by atoms with Crippen molar-refractivity contribution in [2.45, 2.75) is 94.6 Å². The molecule has 0 radical (unpaired) electrons. The summed E-state index contributed by atoms with van der Waals surface area (Å²) in [6.45, 7) is 2.38. The molecule has 1 aromatic rings. The number of carbonyl (C=O) groups excluding carboxylic acids is 1. The van der Waals surface area contributed by atoms with Gasteiger partial charge >= 0.3 is 6.18 Å². The number of rotatable bonds is 10. The largest absolute Gasteiger partial charge is 0.389 e. The number of carbonyl (C=O) groups is 1. The first kappa shape index (κ1) is 29.7. The fourth-order valence-electron chi connectivity index (χ4n) is 6.58. The number of alkyl halides is 5. The Labute approximate surface area is 235 Å². The average Bonchev–Trinajstić information content (AvgIpc) is 3.30. The third-order valence-electron chi connectivity index (χ3n) is 8.58. The molecule has 6 rings (SSSR count). The molecule has 2 heterocycles. The predicted molar refractivity (Wildman–Crippen MR) is 139 cm³/mol. The quantitative estimate of drug-likeness (QED) is 0.374. The topological polar surface area (TPSA) is 82.1 Å². The summed E-state index contributed by atoms with van der Waals surface area (Å²) in [5, 5.41) is 3.76. The Bertz CT molecular complexity index is 1300. The van der Waals surface area contributed by atoms with E-state index in [1.807, 2.05) is 0 Å². The van der Waals surface area contributed by atoms with E-state index in [-0.39, 0.29) is 31.7 Å². The van der Waals surface area contributed by atoms with Crippen molar-refractivity contribution in [3.05, 3.63) is 34.9 Å². The monoisotopic (exact) mass is 610 g/mol. The number of aliphatic imine (C=N–C) groups is 1. The van der Waals surface area contributed by atoms with Gasteiger partial charge < -0.3 is 5.32 Å². The van der Waals surface area contributed by atoms with Crippen LogP contribution in [0, 0.1) is 5.41 Å². The predicted octanol–water partition coefficient (Wildman–Crippen LogP) is 5.10. The van der Waals surface area contributed by atoms with Gasteiger partial charge in [-0.2, -0.15) is 30.2 Å². The second kappa shape index (κ2) is 9.60. The fraction of sp³-hybridized carbons (Fsp3) is 0.692. The van der Waals surface area contributed by atoms with Crippen molar-refractivity contribution < 1.29 is 35.2 Å². The molecule has 2 aliphatic heterocycles. The summed E-state index contributed by atoms with van der Waals surface area (Å²) < 4.78 is 95.2. The molecule has 1 atom stereocenters. The van der Waals surface area contributed by atoms with Crippen molar-refractivity contribution in [2.24, 2.45) is 10.4 Å². The number of hydrogen-bond acceptors (Lipinski definition) is 5. The SMILES string of the molecule is CC1(C)NC(C23CC(N(Cc4ccc(Cl)cc4)S(=O)(=O)N4CCC(F)(F)C4)(C2)C3)=N[C@H]1C(=O)CCCC(F)(F)F. The van der Waals surface area contributed by atoms with E-state index in [1.54, 1.807) is 38.1 Å². The van der Waals surface area contributed by atoms with E-state index in [2.05, 4.69) is 10.3 Å². The number of halogens is 6. The van der Waals surface area contributed by atoms with Gasteiger partial charge in [0.25, 0.3) is 16.1 Å². The van der Waals surface area contributed by atoms with Crippen molar-refractivity contribution >= 4 is 33.4 Å². The van der Waals surface area contributed by atoms with Gasteiger partial charge in [0.1, 0.15) is 11.9 Å². The normalized spacial score (nSPS) is 30.9. The van der Waals surface area contributed by atoms with Crippen LogP contribution >= 0.6 is 11.6 Å². The standard InChI is InChI=1S/C26H32ClF5N4O3S/c1-22(2)20(19(37)4-3-9-26(30,31)32)33-21(34-22)23-13-24(14-23,15-23)36(12-17-5-7-18(27)8-6-17)40(38,39)35-11-10-25(28,29)16-35/h5-8,20H,3-4,9-16H2,1-2H3,(H,33,34)/t20-,23?,24?/m0/s1. The maximum Gasteiger partial charge on any atom is 0.389 e. The van der Waals surface area contributed by atoms with Crippen LogP contribution < -0.4 is 5.32 Å². The lowest BCUT2D eigenvalue weighted by Crippen LogP contribution is -2.79. The molecule has 0 spiro atoms. The van der Waals surface area contributed by atoms with Crippen LogP contribution in [-0.2, 0) is 21.5 Å². The van der Waals surface area contributed by atoms with Crippen LogP contribution in [0.25, 0.3) is 0 Å². The van der Waals surface area contributed by atoms with Gasteiger partial charge in [0, 0.05) is 48.3 Å². The first-order valence-electron chi connectivity index (χ1n) is 13.2. The summed E-state index contributed by atoms with van der Waals surface area (Å²) >= 11 is 5.99. The summed E-state index contributed by atoms with van der Waals surface area (Å²) in [4.78, 5) is 17.4. The highest BCUT2D eigenvalue weighted by molar-refractivity contribution is 7.86. The van der Waals surface area contributed by atoms with E-state index in [0.717, 1.165) is 4.31 Å². The first-order chi connectivity index (χ1) is 18.4. The fourth-order valence-corrected chi connectivity index (χ4v) is 8.65. The Morgan fingerprint density at radius 1 is 1.18 bits per heavy atom. The highest BCUT2D eigenvalue weighted by atomic mass is 35.5.